The van der Waals surface area contributed by atoms with Gasteiger partial charge in [0.05, 0.1) is 12.7 Å². The Morgan fingerprint density at radius 3 is 2.32 bits per heavy atom. The summed E-state index contributed by atoms with van der Waals surface area (Å²) >= 11 is 0. The van der Waals surface area contributed by atoms with Crippen LogP contribution in [0.1, 0.15) is 17.2 Å². The fraction of sp³-hybridized carbons (Fsp3) is 0.364. The SMILES string of the molecule is COC(=O)C(O)C(O)c1cc(O)cc(C(F)(F)F)c1. The van der Waals surface area contributed by atoms with E-state index in [2.05, 4.69) is 4.74 Å². The van der Waals surface area contributed by atoms with Crippen molar-refractivity contribution in [2.45, 2.75) is 18.4 Å². The van der Waals surface area contributed by atoms with Crippen LogP contribution in [-0.4, -0.2) is 34.5 Å². The van der Waals surface area contributed by atoms with E-state index in [1.54, 1.807) is 0 Å². The Bertz CT molecular complexity index is 472. The molecule has 0 aliphatic carbocycles. The van der Waals surface area contributed by atoms with Crippen molar-refractivity contribution in [3.05, 3.63) is 29.3 Å². The summed E-state index contributed by atoms with van der Waals surface area (Å²) in [6.07, 6.45) is -8.72. The van der Waals surface area contributed by atoms with Crippen molar-refractivity contribution < 1.29 is 38.0 Å². The third kappa shape index (κ3) is 3.58. The molecule has 5 nitrogen and oxygen atoms in total. The molecular formula is C11H11F3O5. The average Bonchev–Trinajstić information content (AvgIpc) is 2.34. The van der Waals surface area contributed by atoms with E-state index in [1.807, 2.05) is 0 Å². The first-order valence-corrected chi connectivity index (χ1v) is 5.02. The Labute approximate surface area is 105 Å². The summed E-state index contributed by atoms with van der Waals surface area (Å²) in [6, 6.07) is 1.79. The highest BCUT2D eigenvalue weighted by Gasteiger charge is 2.33. The third-order valence-corrected chi connectivity index (χ3v) is 2.35. The quantitative estimate of drug-likeness (QED) is 0.718. The van der Waals surface area contributed by atoms with Gasteiger partial charge in [-0.1, -0.05) is 0 Å². The predicted octanol–water partition coefficient (Wildman–Crippen LogP) is 0.978. The minimum absolute atomic E-state index is 0.453. The summed E-state index contributed by atoms with van der Waals surface area (Å²) in [5.41, 5.74) is -1.66. The zero-order chi connectivity index (χ0) is 14.8. The van der Waals surface area contributed by atoms with Crippen molar-refractivity contribution in [2.24, 2.45) is 0 Å². The van der Waals surface area contributed by atoms with Gasteiger partial charge in [-0.3, -0.25) is 0 Å². The number of hydrogen-bond acceptors (Lipinski definition) is 5. The molecular weight excluding hydrogens is 269 g/mol. The Kier molecular flexibility index (Phi) is 4.38. The molecule has 0 saturated carbocycles. The van der Waals surface area contributed by atoms with Gasteiger partial charge in [0.1, 0.15) is 11.9 Å². The highest BCUT2D eigenvalue weighted by Crippen LogP contribution is 2.34. The molecule has 0 aliphatic rings. The number of phenolic OH excluding ortho intramolecular Hbond substituents is 1. The molecule has 1 aromatic rings. The van der Waals surface area contributed by atoms with E-state index in [1.165, 1.54) is 0 Å². The van der Waals surface area contributed by atoms with Gasteiger partial charge < -0.3 is 20.1 Å². The second kappa shape index (κ2) is 5.45. The molecule has 2 unspecified atom stereocenters. The number of carbonyl (C=O) groups is 1. The minimum atomic E-state index is -4.73. The fourth-order valence-electron chi connectivity index (χ4n) is 1.40. The number of benzene rings is 1. The zero-order valence-corrected chi connectivity index (χ0v) is 9.68. The maximum Gasteiger partial charge on any atom is 0.416 e. The number of methoxy groups -OCH3 is 1. The van der Waals surface area contributed by atoms with Gasteiger partial charge >= 0.3 is 12.1 Å². The number of hydrogen-bond donors (Lipinski definition) is 3. The molecule has 0 spiro atoms. The number of alkyl halides is 3. The van der Waals surface area contributed by atoms with Crippen LogP contribution in [0.2, 0.25) is 0 Å². The molecule has 0 aliphatic heterocycles. The van der Waals surface area contributed by atoms with Gasteiger partial charge in [-0.25, -0.2) is 4.79 Å². The Morgan fingerprint density at radius 2 is 1.84 bits per heavy atom. The molecule has 0 radical (unpaired) electrons. The maximum absolute atomic E-state index is 12.5. The summed E-state index contributed by atoms with van der Waals surface area (Å²) < 4.78 is 41.6. The molecule has 19 heavy (non-hydrogen) atoms. The molecule has 0 fully saturated rings. The van der Waals surface area contributed by atoms with Gasteiger partial charge in [-0.2, -0.15) is 13.2 Å². The normalized spacial score (nSPS) is 14.8. The highest BCUT2D eigenvalue weighted by atomic mass is 19.4. The molecule has 0 heterocycles. The maximum atomic E-state index is 12.5. The van der Waals surface area contributed by atoms with Gasteiger partial charge in [0.15, 0.2) is 6.10 Å². The number of esters is 1. The topological polar surface area (TPSA) is 87.0 Å². The van der Waals surface area contributed by atoms with Crippen LogP contribution >= 0.6 is 0 Å². The Morgan fingerprint density at radius 1 is 1.26 bits per heavy atom. The van der Waals surface area contributed by atoms with E-state index >= 15 is 0 Å². The van der Waals surface area contributed by atoms with Gasteiger partial charge in [-0.05, 0) is 23.8 Å². The summed E-state index contributed by atoms with van der Waals surface area (Å²) in [4.78, 5) is 11.0. The molecule has 0 saturated heterocycles. The van der Waals surface area contributed by atoms with Crippen LogP contribution in [0.3, 0.4) is 0 Å². The average molecular weight is 280 g/mol. The standard InChI is InChI=1S/C11H11F3O5/c1-19-10(18)9(17)8(16)5-2-6(11(12,13)14)4-7(15)3-5/h2-4,8-9,15-17H,1H3. The molecule has 3 N–H and O–H groups in total. The number of aromatic hydroxyl groups is 1. The van der Waals surface area contributed by atoms with E-state index in [9.17, 15) is 33.3 Å². The minimum Gasteiger partial charge on any atom is -0.508 e. The van der Waals surface area contributed by atoms with Gasteiger partial charge in [0, 0.05) is 0 Å². The van der Waals surface area contributed by atoms with Crippen molar-refractivity contribution in [1.29, 1.82) is 0 Å². The molecule has 106 valence electrons. The molecule has 1 rings (SSSR count). The Balaban J connectivity index is 3.14. The second-order valence-electron chi connectivity index (χ2n) is 3.72. The van der Waals surface area contributed by atoms with Crippen molar-refractivity contribution in [2.75, 3.05) is 7.11 Å². The number of rotatable bonds is 3. The second-order valence-corrected chi connectivity index (χ2v) is 3.72. The number of carbonyl (C=O) groups excluding carboxylic acids is 1. The summed E-state index contributed by atoms with van der Waals surface area (Å²) in [6.45, 7) is 0. The van der Waals surface area contributed by atoms with Crippen LogP contribution in [0, 0.1) is 0 Å². The first-order chi connectivity index (χ1) is 8.66. The van der Waals surface area contributed by atoms with E-state index in [4.69, 9.17) is 0 Å². The molecule has 0 aromatic heterocycles. The van der Waals surface area contributed by atoms with Gasteiger partial charge in [-0.15, -0.1) is 0 Å². The van der Waals surface area contributed by atoms with Crippen molar-refractivity contribution in [3.8, 4) is 5.75 Å². The Hall–Kier alpha value is -1.80. The summed E-state index contributed by atoms with van der Waals surface area (Å²) in [5.74, 6) is -1.95. The summed E-state index contributed by atoms with van der Waals surface area (Å²) in [5, 5.41) is 28.1. The number of aliphatic hydroxyl groups is 2. The largest absolute Gasteiger partial charge is 0.508 e. The number of aliphatic hydroxyl groups excluding tert-OH is 2. The number of halogens is 3. The third-order valence-electron chi connectivity index (χ3n) is 2.35. The molecule has 8 heteroatoms. The molecule has 2 atom stereocenters. The number of ether oxygens (including phenoxy) is 1. The van der Waals surface area contributed by atoms with Crippen molar-refractivity contribution >= 4 is 5.97 Å². The predicted molar refractivity (Wildman–Crippen MR) is 56.1 cm³/mol. The van der Waals surface area contributed by atoms with Gasteiger partial charge in [0.2, 0.25) is 0 Å². The van der Waals surface area contributed by atoms with E-state index in [0.29, 0.717) is 12.1 Å². The first-order valence-electron chi connectivity index (χ1n) is 5.02. The van der Waals surface area contributed by atoms with Crippen LogP contribution in [0.4, 0.5) is 13.2 Å². The molecule has 0 amide bonds. The van der Waals surface area contributed by atoms with Crippen LogP contribution in [0.25, 0.3) is 0 Å². The summed E-state index contributed by atoms with van der Waals surface area (Å²) in [7, 11) is 0.946. The van der Waals surface area contributed by atoms with E-state index in [0.717, 1.165) is 13.2 Å². The smallest absolute Gasteiger partial charge is 0.416 e. The van der Waals surface area contributed by atoms with E-state index < -0.39 is 41.2 Å². The van der Waals surface area contributed by atoms with Crippen molar-refractivity contribution in [1.82, 2.24) is 0 Å². The lowest BCUT2D eigenvalue weighted by atomic mass is 10.0. The lowest BCUT2D eigenvalue weighted by Crippen LogP contribution is -2.29. The highest BCUT2D eigenvalue weighted by molar-refractivity contribution is 5.75. The van der Waals surface area contributed by atoms with Crippen LogP contribution in [0.15, 0.2) is 18.2 Å². The lowest BCUT2D eigenvalue weighted by molar-refractivity contribution is -0.156. The molecule has 1 aromatic carbocycles. The first kappa shape index (κ1) is 15.3. The van der Waals surface area contributed by atoms with Gasteiger partial charge in [0.25, 0.3) is 0 Å². The van der Waals surface area contributed by atoms with Crippen molar-refractivity contribution in [3.63, 3.8) is 0 Å². The lowest BCUT2D eigenvalue weighted by Gasteiger charge is -2.17. The van der Waals surface area contributed by atoms with Crippen LogP contribution < -0.4 is 0 Å². The monoisotopic (exact) mass is 280 g/mol. The van der Waals surface area contributed by atoms with Crippen LogP contribution in [-0.2, 0) is 15.7 Å². The number of phenols is 1. The van der Waals surface area contributed by atoms with Crippen LogP contribution in [0.5, 0.6) is 5.75 Å². The molecule has 0 bridgehead atoms. The zero-order valence-electron chi connectivity index (χ0n) is 9.68. The fourth-order valence-corrected chi connectivity index (χ4v) is 1.40. The van der Waals surface area contributed by atoms with E-state index in [-0.39, 0.29) is 0 Å².